The van der Waals surface area contributed by atoms with Crippen LogP contribution in [0.2, 0.25) is 5.02 Å². The molecular weight excluding hydrogens is 304 g/mol. The third-order valence-electron chi connectivity index (χ3n) is 3.23. The number of carbonyl (C=O) groups excluding carboxylic acids is 1. The fourth-order valence-corrected chi connectivity index (χ4v) is 2.36. The Morgan fingerprint density at radius 1 is 1.18 bits per heavy atom. The number of esters is 1. The lowest BCUT2D eigenvalue weighted by atomic mass is 10.1. The first kappa shape index (κ1) is 14.5. The maximum Gasteiger partial charge on any atom is 0.315 e. The van der Waals surface area contributed by atoms with Crippen LogP contribution in [0.4, 0.5) is 0 Å². The van der Waals surface area contributed by atoms with Gasteiger partial charge in [-0.15, -0.1) is 0 Å². The number of benzene rings is 2. The van der Waals surface area contributed by atoms with Crippen LogP contribution in [0.15, 0.2) is 53.1 Å². The molecule has 0 fully saturated rings. The van der Waals surface area contributed by atoms with Crippen LogP contribution in [-0.2, 0) is 11.2 Å². The molecule has 0 saturated carbocycles. The van der Waals surface area contributed by atoms with Crippen LogP contribution in [0.25, 0.3) is 11.0 Å². The number of ether oxygens (including phenoxy) is 2. The molecule has 0 aliphatic heterocycles. The van der Waals surface area contributed by atoms with Gasteiger partial charge in [-0.05, 0) is 30.3 Å². The third-order valence-corrected chi connectivity index (χ3v) is 3.46. The van der Waals surface area contributed by atoms with E-state index in [0.29, 0.717) is 22.1 Å². The number of rotatable bonds is 4. The molecule has 1 aromatic heterocycles. The predicted octanol–water partition coefficient (Wildman–Crippen LogP) is 4.24. The Balaban J connectivity index is 1.76. The van der Waals surface area contributed by atoms with Crippen molar-refractivity contribution in [1.82, 2.24) is 0 Å². The largest absolute Gasteiger partial charge is 0.497 e. The maximum absolute atomic E-state index is 12.0. The summed E-state index contributed by atoms with van der Waals surface area (Å²) in [5, 5.41) is 1.38. The van der Waals surface area contributed by atoms with Gasteiger partial charge in [-0.3, -0.25) is 4.79 Å². The SMILES string of the molecule is COc1ccc2c(CC(=O)Oc3cccc(Cl)c3)coc2c1. The van der Waals surface area contributed by atoms with Crippen molar-refractivity contribution in [1.29, 1.82) is 0 Å². The fraction of sp³-hybridized carbons (Fsp3) is 0.118. The van der Waals surface area contributed by atoms with E-state index in [4.69, 9.17) is 25.5 Å². The first-order chi connectivity index (χ1) is 10.7. The van der Waals surface area contributed by atoms with E-state index in [9.17, 15) is 4.79 Å². The van der Waals surface area contributed by atoms with E-state index in [2.05, 4.69) is 0 Å². The molecule has 5 heteroatoms. The van der Waals surface area contributed by atoms with Gasteiger partial charge in [0.15, 0.2) is 0 Å². The molecule has 0 N–H and O–H groups in total. The summed E-state index contributed by atoms with van der Waals surface area (Å²) in [6, 6.07) is 12.2. The Labute approximate surface area is 132 Å². The van der Waals surface area contributed by atoms with Gasteiger partial charge < -0.3 is 13.9 Å². The van der Waals surface area contributed by atoms with Gasteiger partial charge in [-0.1, -0.05) is 17.7 Å². The molecule has 0 saturated heterocycles. The van der Waals surface area contributed by atoms with Crippen molar-refractivity contribution in [3.05, 3.63) is 59.3 Å². The molecule has 4 nitrogen and oxygen atoms in total. The lowest BCUT2D eigenvalue weighted by molar-refractivity contribution is -0.133. The smallest absolute Gasteiger partial charge is 0.315 e. The Bertz CT molecular complexity index is 822. The first-order valence-corrected chi connectivity index (χ1v) is 7.04. The highest BCUT2D eigenvalue weighted by molar-refractivity contribution is 6.30. The van der Waals surface area contributed by atoms with Crippen molar-refractivity contribution in [2.24, 2.45) is 0 Å². The Morgan fingerprint density at radius 2 is 2.05 bits per heavy atom. The summed E-state index contributed by atoms with van der Waals surface area (Å²) >= 11 is 5.86. The second-order valence-electron chi connectivity index (χ2n) is 4.73. The molecule has 0 atom stereocenters. The van der Waals surface area contributed by atoms with Crippen LogP contribution in [-0.4, -0.2) is 13.1 Å². The standard InChI is InChI=1S/C17H13ClO4/c1-20-13-5-6-15-11(10-21-16(15)9-13)7-17(19)22-14-4-2-3-12(18)8-14/h2-6,8-10H,7H2,1H3. The summed E-state index contributed by atoms with van der Waals surface area (Å²) < 4.78 is 15.9. The van der Waals surface area contributed by atoms with Gasteiger partial charge in [0, 0.05) is 22.0 Å². The molecule has 112 valence electrons. The highest BCUT2D eigenvalue weighted by Gasteiger charge is 2.13. The zero-order valence-electron chi connectivity index (χ0n) is 11.8. The number of methoxy groups -OCH3 is 1. The van der Waals surface area contributed by atoms with Gasteiger partial charge in [0.2, 0.25) is 0 Å². The van der Waals surface area contributed by atoms with E-state index in [-0.39, 0.29) is 12.4 Å². The van der Waals surface area contributed by atoms with Crippen LogP contribution in [0.1, 0.15) is 5.56 Å². The van der Waals surface area contributed by atoms with E-state index in [1.165, 1.54) is 0 Å². The number of hydrogen-bond acceptors (Lipinski definition) is 4. The Kier molecular flexibility index (Phi) is 4.02. The van der Waals surface area contributed by atoms with Crippen molar-refractivity contribution in [2.75, 3.05) is 7.11 Å². The van der Waals surface area contributed by atoms with E-state index in [0.717, 1.165) is 10.9 Å². The van der Waals surface area contributed by atoms with Crippen LogP contribution < -0.4 is 9.47 Å². The van der Waals surface area contributed by atoms with Crippen LogP contribution in [0, 0.1) is 0 Å². The second kappa shape index (κ2) is 6.12. The Hall–Kier alpha value is -2.46. The van der Waals surface area contributed by atoms with E-state index >= 15 is 0 Å². The quantitative estimate of drug-likeness (QED) is 0.533. The maximum atomic E-state index is 12.0. The average Bonchev–Trinajstić information content (AvgIpc) is 2.89. The molecule has 3 aromatic rings. The predicted molar refractivity (Wildman–Crippen MR) is 83.6 cm³/mol. The fourth-order valence-electron chi connectivity index (χ4n) is 2.18. The number of carbonyl (C=O) groups is 1. The van der Waals surface area contributed by atoms with Crippen molar-refractivity contribution >= 4 is 28.5 Å². The molecule has 0 aliphatic rings. The molecule has 0 bridgehead atoms. The molecule has 2 aromatic carbocycles. The van der Waals surface area contributed by atoms with Crippen molar-refractivity contribution < 1.29 is 18.7 Å². The summed E-state index contributed by atoms with van der Waals surface area (Å²) in [6.07, 6.45) is 1.68. The number of furan rings is 1. The summed E-state index contributed by atoms with van der Waals surface area (Å²) in [4.78, 5) is 12.0. The zero-order valence-corrected chi connectivity index (χ0v) is 12.6. The summed E-state index contributed by atoms with van der Waals surface area (Å²) in [5.74, 6) is 0.752. The summed E-state index contributed by atoms with van der Waals surface area (Å²) in [5.41, 5.74) is 1.44. The molecule has 3 rings (SSSR count). The molecule has 0 unspecified atom stereocenters. The summed E-state index contributed by atoms with van der Waals surface area (Å²) in [7, 11) is 1.59. The molecule has 1 heterocycles. The van der Waals surface area contributed by atoms with Gasteiger partial charge in [0.1, 0.15) is 17.1 Å². The topological polar surface area (TPSA) is 48.7 Å². The highest BCUT2D eigenvalue weighted by atomic mass is 35.5. The average molecular weight is 317 g/mol. The third kappa shape index (κ3) is 3.07. The lowest BCUT2D eigenvalue weighted by Crippen LogP contribution is -2.10. The number of hydrogen-bond donors (Lipinski definition) is 0. The van der Waals surface area contributed by atoms with Gasteiger partial charge in [-0.25, -0.2) is 0 Å². The second-order valence-corrected chi connectivity index (χ2v) is 5.17. The van der Waals surface area contributed by atoms with Gasteiger partial charge in [-0.2, -0.15) is 0 Å². The normalized spacial score (nSPS) is 10.6. The molecule has 22 heavy (non-hydrogen) atoms. The highest BCUT2D eigenvalue weighted by Crippen LogP contribution is 2.26. The minimum Gasteiger partial charge on any atom is -0.497 e. The minimum absolute atomic E-state index is 0.117. The molecule has 0 spiro atoms. The minimum atomic E-state index is -0.374. The van der Waals surface area contributed by atoms with Crippen molar-refractivity contribution in [3.8, 4) is 11.5 Å². The lowest BCUT2D eigenvalue weighted by Gasteiger charge is -2.04. The number of halogens is 1. The Morgan fingerprint density at radius 3 is 2.82 bits per heavy atom. The van der Waals surface area contributed by atoms with Crippen molar-refractivity contribution in [2.45, 2.75) is 6.42 Å². The first-order valence-electron chi connectivity index (χ1n) is 6.66. The van der Waals surface area contributed by atoms with E-state index in [1.54, 1.807) is 43.7 Å². The van der Waals surface area contributed by atoms with E-state index < -0.39 is 0 Å². The van der Waals surface area contributed by atoms with Crippen LogP contribution in [0.5, 0.6) is 11.5 Å². The molecule has 0 aliphatic carbocycles. The van der Waals surface area contributed by atoms with Gasteiger partial charge in [0.25, 0.3) is 0 Å². The van der Waals surface area contributed by atoms with E-state index in [1.807, 2.05) is 12.1 Å². The monoisotopic (exact) mass is 316 g/mol. The zero-order chi connectivity index (χ0) is 15.5. The summed E-state index contributed by atoms with van der Waals surface area (Å²) in [6.45, 7) is 0. The number of fused-ring (bicyclic) bond motifs is 1. The molecule has 0 radical (unpaired) electrons. The molecule has 0 amide bonds. The van der Waals surface area contributed by atoms with Crippen LogP contribution >= 0.6 is 11.6 Å². The van der Waals surface area contributed by atoms with Crippen molar-refractivity contribution in [3.63, 3.8) is 0 Å². The molecular formula is C17H13ClO4. The van der Waals surface area contributed by atoms with Gasteiger partial charge in [0.05, 0.1) is 19.8 Å². The van der Waals surface area contributed by atoms with Crippen LogP contribution in [0.3, 0.4) is 0 Å². The van der Waals surface area contributed by atoms with Gasteiger partial charge >= 0.3 is 5.97 Å².